The van der Waals surface area contributed by atoms with E-state index in [4.69, 9.17) is 10.5 Å². The van der Waals surface area contributed by atoms with E-state index < -0.39 is 5.79 Å². The normalized spacial score (nSPS) is 25.7. The van der Waals surface area contributed by atoms with E-state index in [-0.39, 0.29) is 0 Å². The molecule has 0 saturated carbocycles. The maximum atomic E-state index is 6.63. The topological polar surface area (TPSA) is 71.7 Å². The fourth-order valence-electron chi connectivity index (χ4n) is 3.04. The van der Waals surface area contributed by atoms with Gasteiger partial charge in [0.25, 0.3) is 0 Å². The van der Waals surface area contributed by atoms with Gasteiger partial charge in [-0.2, -0.15) is 0 Å². The van der Waals surface area contributed by atoms with Crippen molar-refractivity contribution < 1.29 is 4.74 Å². The van der Waals surface area contributed by atoms with Crippen molar-refractivity contribution in [2.45, 2.75) is 32.5 Å². The SMILES string of the molecule is CN=C1C=C(C)NC(N)(c2cc3c(c(Br)c2C)OCCC3)N1. The number of hydrogen-bond acceptors (Lipinski definition) is 4. The number of nitrogens with one attached hydrogen (secondary N) is 2. The second kappa shape index (κ2) is 5.59. The van der Waals surface area contributed by atoms with E-state index in [0.29, 0.717) is 0 Å². The molecule has 0 bridgehead atoms. The molecule has 0 spiro atoms. The molecule has 0 saturated heterocycles. The lowest BCUT2D eigenvalue weighted by atomic mass is 9.94. The molecule has 0 radical (unpaired) electrons. The molecule has 0 amide bonds. The average Bonchev–Trinajstić information content (AvgIpc) is 2.50. The summed E-state index contributed by atoms with van der Waals surface area (Å²) in [7, 11) is 1.75. The molecule has 1 unspecified atom stereocenters. The van der Waals surface area contributed by atoms with Crippen molar-refractivity contribution in [2.24, 2.45) is 10.7 Å². The molecule has 2 heterocycles. The number of nitrogens with zero attached hydrogens (tertiary/aromatic N) is 1. The first-order valence-corrected chi connectivity index (χ1v) is 8.19. The first kappa shape index (κ1) is 15.4. The van der Waals surface area contributed by atoms with Gasteiger partial charge in [-0.05, 0) is 65.9 Å². The van der Waals surface area contributed by atoms with E-state index in [1.807, 2.05) is 19.9 Å². The van der Waals surface area contributed by atoms with Crippen LogP contribution in [0.15, 0.2) is 27.3 Å². The molecule has 1 atom stereocenters. The molecular weight excluding hydrogens is 344 g/mol. The second-order valence-electron chi connectivity index (χ2n) is 5.80. The van der Waals surface area contributed by atoms with Crippen LogP contribution in [0.1, 0.15) is 30.0 Å². The minimum absolute atomic E-state index is 0.767. The van der Waals surface area contributed by atoms with Crippen LogP contribution in [0.5, 0.6) is 5.75 Å². The molecular formula is C16H21BrN4O. The van der Waals surface area contributed by atoms with Crippen LogP contribution < -0.4 is 21.1 Å². The Morgan fingerprint density at radius 2 is 2.14 bits per heavy atom. The summed E-state index contributed by atoms with van der Waals surface area (Å²) in [6, 6.07) is 2.14. The number of nitrogens with two attached hydrogens (primary N) is 1. The van der Waals surface area contributed by atoms with E-state index in [9.17, 15) is 0 Å². The molecule has 118 valence electrons. The minimum Gasteiger partial charge on any atom is -0.492 e. The van der Waals surface area contributed by atoms with Crippen molar-refractivity contribution in [1.82, 2.24) is 10.6 Å². The number of benzene rings is 1. The molecule has 22 heavy (non-hydrogen) atoms. The van der Waals surface area contributed by atoms with Crippen LogP contribution in [-0.4, -0.2) is 19.5 Å². The van der Waals surface area contributed by atoms with Crippen molar-refractivity contribution >= 4 is 21.8 Å². The Bertz CT molecular complexity index is 683. The van der Waals surface area contributed by atoms with Crippen molar-refractivity contribution in [3.8, 4) is 5.75 Å². The third-order valence-corrected chi connectivity index (χ3v) is 5.07. The van der Waals surface area contributed by atoms with Crippen molar-refractivity contribution in [2.75, 3.05) is 13.7 Å². The molecule has 0 aromatic heterocycles. The van der Waals surface area contributed by atoms with Gasteiger partial charge in [0.2, 0.25) is 0 Å². The van der Waals surface area contributed by atoms with Gasteiger partial charge in [-0.25, -0.2) is 0 Å². The lowest BCUT2D eigenvalue weighted by Gasteiger charge is -2.39. The highest BCUT2D eigenvalue weighted by molar-refractivity contribution is 9.10. The first-order chi connectivity index (χ1) is 10.4. The van der Waals surface area contributed by atoms with Crippen LogP contribution in [0.25, 0.3) is 0 Å². The van der Waals surface area contributed by atoms with E-state index in [0.717, 1.165) is 52.3 Å². The Balaban J connectivity index is 2.12. The number of ether oxygens (including phenoxy) is 1. The molecule has 0 fully saturated rings. The monoisotopic (exact) mass is 364 g/mol. The third-order valence-electron chi connectivity index (χ3n) is 4.12. The molecule has 5 nitrogen and oxygen atoms in total. The third kappa shape index (κ3) is 2.50. The lowest BCUT2D eigenvalue weighted by molar-refractivity contribution is 0.284. The highest BCUT2D eigenvalue weighted by atomic mass is 79.9. The van der Waals surface area contributed by atoms with Crippen LogP contribution in [0, 0.1) is 6.92 Å². The molecule has 3 rings (SSSR count). The van der Waals surface area contributed by atoms with Gasteiger partial charge in [0.15, 0.2) is 5.79 Å². The number of fused-ring (bicyclic) bond motifs is 1. The van der Waals surface area contributed by atoms with E-state index in [1.54, 1.807) is 7.05 Å². The molecule has 6 heteroatoms. The molecule has 2 aliphatic heterocycles. The zero-order valence-corrected chi connectivity index (χ0v) is 14.7. The largest absolute Gasteiger partial charge is 0.492 e. The van der Waals surface area contributed by atoms with E-state index in [2.05, 4.69) is 37.6 Å². The highest BCUT2D eigenvalue weighted by Crippen LogP contribution is 2.39. The van der Waals surface area contributed by atoms with Crippen LogP contribution in [0.2, 0.25) is 0 Å². The predicted molar refractivity (Wildman–Crippen MR) is 91.9 cm³/mol. The average molecular weight is 365 g/mol. The Hall–Kier alpha value is -1.53. The number of hydrogen-bond donors (Lipinski definition) is 3. The molecule has 0 aliphatic carbocycles. The maximum absolute atomic E-state index is 6.63. The first-order valence-electron chi connectivity index (χ1n) is 7.40. The van der Waals surface area contributed by atoms with Crippen LogP contribution in [0.3, 0.4) is 0 Å². The van der Waals surface area contributed by atoms with Gasteiger partial charge in [-0.15, -0.1) is 0 Å². The van der Waals surface area contributed by atoms with E-state index in [1.165, 1.54) is 5.56 Å². The van der Waals surface area contributed by atoms with Gasteiger partial charge in [0, 0.05) is 18.3 Å². The highest BCUT2D eigenvalue weighted by Gasteiger charge is 2.34. The fraction of sp³-hybridized carbons (Fsp3) is 0.438. The summed E-state index contributed by atoms with van der Waals surface area (Å²) in [5, 5.41) is 6.61. The maximum Gasteiger partial charge on any atom is 0.190 e. The molecule has 1 aromatic rings. The summed E-state index contributed by atoms with van der Waals surface area (Å²) in [6.45, 7) is 4.80. The zero-order valence-electron chi connectivity index (χ0n) is 13.1. The van der Waals surface area contributed by atoms with Crippen molar-refractivity contribution in [1.29, 1.82) is 0 Å². The number of aliphatic imine (C=N–C) groups is 1. The number of allylic oxidation sites excluding steroid dienone is 1. The van der Waals surface area contributed by atoms with Crippen molar-refractivity contribution in [3.63, 3.8) is 0 Å². The standard InChI is InChI=1S/C16H21BrN4O/c1-9-7-13(19-3)21-16(18,20-9)12-8-11-5-4-6-22-15(11)14(17)10(12)2/h7-8,20H,4-6,18H2,1-3H3,(H,19,21). The summed E-state index contributed by atoms with van der Waals surface area (Å²) >= 11 is 3.67. The molecule has 1 aromatic carbocycles. The number of rotatable bonds is 1. The number of amidine groups is 1. The molecule has 2 aliphatic rings. The van der Waals surface area contributed by atoms with Crippen LogP contribution in [-0.2, 0) is 12.2 Å². The summed E-state index contributed by atoms with van der Waals surface area (Å²) in [5.41, 5.74) is 10.9. The predicted octanol–water partition coefficient (Wildman–Crippen LogP) is 2.28. The van der Waals surface area contributed by atoms with Crippen LogP contribution in [0.4, 0.5) is 0 Å². The number of aryl methyl sites for hydroxylation is 1. The summed E-state index contributed by atoms with van der Waals surface area (Å²) < 4.78 is 6.79. The van der Waals surface area contributed by atoms with Gasteiger partial charge >= 0.3 is 0 Å². The van der Waals surface area contributed by atoms with Crippen LogP contribution >= 0.6 is 15.9 Å². The van der Waals surface area contributed by atoms with Gasteiger partial charge in [-0.3, -0.25) is 10.7 Å². The number of halogens is 1. The Morgan fingerprint density at radius 3 is 2.86 bits per heavy atom. The van der Waals surface area contributed by atoms with Gasteiger partial charge in [-0.1, -0.05) is 0 Å². The smallest absolute Gasteiger partial charge is 0.190 e. The zero-order chi connectivity index (χ0) is 15.9. The lowest BCUT2D eigenvalue weighted by Crippen LogP contribution is -2.64. The van der Waals surface area contributed by atoms with E-state index >= 15 is 0 Å². The molecule has 4 N–H and O–H groups in total. The summed E-state index contributed by atoms with van der Waals surface area (Å²) in [4.78, 5) is 4.23. The Labute approximate surface area is 139 Å². The van der Waals surface area contributed by atoms with Gasteiger partial charge < -0.3 is 15.4 Å². The quantitative estimate of drug-likeness (QED) is 0.714. The Kier molecular flexibility index (Phi) is 3.91. The van der Waals surface area contributed by atoms with Gasteiger partial charge in [0.1, 0.15) is 11.6 Å². The summed E-state index contributed by atoms with van der Waals surface area (Å²) in [6.07, 6.45) is 3.97. The Morgan fingerprint density at radius 1 is 1.36 bits per heavy atom. The minimum atomic E-state index is -0.882. The second-order valence-corrected chi connectivity index (χ2v) is 6.59. The summed E-state index contributed by atoms with van der Waals surface area (Å²) in [5.74, 6) is 0.832. The van der Waals surface area contributed by atoms with Crippen molar-refractivity contribution in [3.05, 3.63) is 39.0 Å². The van der Waals surface area contributed by atoms with Gasteiger partial charge in [0.05, 0.1) is 11.1 Å². The fourth-order valence-corrected chi connectivity index (χ4v) is 3.63.